The van der Waals surface area contributed by atoms with Crippen LogP contribution in [0.1, 0.15) is 32.6 Å². The number of aliphatic carboxylic acids is 2. The Morgan fingerprint density at radius 3 is 2.21 bits per heavy atom. The van der Waals surface area contributed by atoms with Gasteiger partial charge in [0.1, 0.15) is 0 Å². The molecule has 3 atom stereocenters. The molecule has 0 spiro atoms. The van der Waals surface area contributed by atoms with Gasteiger partial charge in [-0.2, -0.15) is 8.78 Å². The fourth-order valence-electron chi connectivity index (χ4n) is 3.74. The molecule has 3 N–H and O–H groups in total. The van der Waals surface area contributed by atoms with Crippen LogP contribution >= 0.6 is 0 Å². The summed E-state index contributed by atoms with van der Waals surface area (Å²) in [6, 6.07) is 2.82. The van der Waals surface area contributed by atoms with Crippen LogP contribution in [0.4, 0.5) is 23.2 Å². The van der Waals surface area contributed by atoms with Crippen LogP contribution in [0.3, 0.4) is 0 Å². The fraction of sp³-hybridized carbons (Fsp3) is 0.556. The molecule has 1 aromatic rings. The molecule has 2 fully saturated rings. The summed E-state index contributed by atoms with van der Waals surface area (Å²) in [5, 5.41) is 18.3. The number of fused-ring (bicyclic) bond motifs is 1. The minimum atomic E-state index is -3.26. The predicted molar refractivity (Wildman–Crippen MR) is 94.2 cm³/mol. The van der Waals surface area contributed by atoms with E-state index in [-0.39, 0.29) is 18.1 Å². The molecule has 0 unspecified atom stereocenters. The minimum Gasteiger partial charge on any atom is -0.473 e. The van der Waals surface area contributed by atoms with Gasteiger partial charge in [-0.3, -0.25) is 0 Å². The van der Waals surface area contributed by atoms with Crippen molar-refractivity contribution in [1.29, 1.82) is 0 Å². The zero-order chi connectivity index (χ0) is 21.7. The minimum absolute atomic E-state index is 0.167. The molecule has 162 valence electrons. The van der Waals surface area contributed by atoms with Crippen molar-refractivity contribution in [3.63, 3.8) is 0 Å². The van der Waals surface area contributed by atoms with Crippen molar-refractivity contribution in [2.45, 2.75) is 57.3 Å². The summed E-state index contributed by atoms with van der Waals surface area (Å²) in [5.74, 6) is -6.87. The van der Waals surface area contributed by atoms with E-state index < -0.39 is 35.9 Å². The number of hydrogen-bond acceptors (Lipinski definition) is 5. The van der Waals surface area contributed by atoms with Crippen LogP contribution < -0.4 is 15.0 Å². The van der Waals surface area contributed by atoms with Crippen LogP contribution in [0, 0.1) is 11.6 Å². The molecule has 11 heteroatoms. The first-order valence-electron chi connectivity index (χ1n) is 9.03. The topological polar surface area (TPSA) is 99.1 Å². The molecule has 3 rings (SSSR count). The largest absolute Gasteiger partial charge is 0.473 e. The Morgan fingerprint density at radius 1 is 1.14 bits per heavy atom. The number of nitrogens with one attached hydrogen (secondary N) is 1. The molecule has 1 aliphatic carbocycles. The highest BCUT2D eigenvalue weighted by Crippen LogP contribution is 2.34. The van der Waals surface area contributed by atoms with E-state index in [1.165, 1.54) is 0 Å². The zero-order valence-corrected chi connectivity index (χ0v) is 15.6. The van der Waals surface area contributed by atoms with Gasteiger partial charge in [0.2, 0.25) is 0 Å². The third-order valence-electron chi connectivity index (χ3n) is 4.80. The lowest BCUT2D eigenvalue weighted by molar-refractivity contribution is -0.159. The van der Waals surface area contributed by atoms with Gasteiger partial charge >= 0.3 is 18.6 Å². The van der Waals surface area contributed by atoms with Gasteiger partial charge in [0, 0.05) is 42.5 Å². The maximum Gasteiger partial charge on any atom is 0.414 e. The summed E-state index contributed by atoms with van der Waals surface area (Å²) >= 11 is 0. The van der Waals surface area contributed by atoms with Crippen molar-refractivity contribution in [2.75, 3.05) is 11.4 Å². The lowest BCUT2D eigenvalue weighted by Gasteiger charge is -2.48. The number of carboxylic acids is 2. The molecule has 0 aromatic heterocycles. The average molecular weight is 422 g/mol. The molecular formula is C18H22F4N2O5. The second-order valence-corrected chi connectivity index (χ2v) is 6.91. The number of rotatable bonds is 3. The average Bonchev–Trinajstić information content (AvgIpc) is 2.64. The normalized spacial score (nSPS) is 23.7. The number of ether oxygens (including phenoxy) is 1. The molecule has 0 amide bonds. The Labute approximate surface area is 164 Å². The third-order valence-corrected chi connectivity index (χ3v) is 4.80. The number of nitrogens with zero attached hydrogens (tertiary/aromatic N) is 1. The van der Waals surface area contributed by atoms with E-state index >= 15 is 0 Å². The van der Waals surface area contributed by atoms with Crippen molar-refractivity contribution < 1.29 is 42.1 Å². The number of anilines is 1. The highest BCUT2D eigenvalue weighted by atomic mass is 19.3. The molecule has 1 saturated heterocycles. The van der Waals surface area contributed by atoms with E-state index in [2.05, 4.69) is 10.1 Å². The number of hydrogen-bond donors (Lipinski definition) is 3. The fourth-order valence-corrected chi connectivity index (χ4v) is 3.74. The summed E-state index contributed by atoms with van der Waals surface area (Å²) in [7, 11) is 0. The molecule has 1 heterocycles. The van der Waals surface area contributed by atoms with Crippen molar-refractivity contribution >= 4 is 17.6 Å². The lowest BCUT2D eigenvalue weighted by atomic mass is 9.86. The Morgan fingerprint density at radius 2 is 1.69 bits per heavy atom. The molecule has 29 heavy (non-hydrogen) atoms. The molecule has 1 saturated carbocycles. The van der Waals surface area contributed by atoms with Gasteiger partial charge in [-0.25, -0.2) is 18.4 Å². The first kappa shape index (κ1) is 22.7. The van der Waals surface area contributed by atoms with E-state index in [1.54, 1.807) is 0 Å². The predicted octanol–water partition coefficient (Wildman–Crippen LogP) is 2.83. The van der Waals surface area contributed by atoms with E-state index in [4.69, 9.17) is 19.8 Å². The van der Waals surface area contributed by atoms with Gasteiger partial charge in [0.05, 0.1) is 0 Å². The number of benzene rings is 1. The van der Waals surface area contributed by atoms with Crippen LogP contribution in [0.5, 0.6) is 5.75 Å². The smallest absolute Gasteiger partial charge is 0.414 e. The van der Waals surface area contributed by atoms with Crippen LogP contribution in [-0.4, -0.2) is 53.4 Å². The van der Waals surface area contributed by atoms with E-state index in [1.807, 2.05) is 11.8 Å². The standard InChI is InChI=1S/C16H20F4N2O.C2H2O4/c1-9-8-22(14-5-3-2-4-13(14)21-9)10-6-11(17)15(12(18)7-10)23-16(19)20;3-1(4)2(5)6/h6-7,9,13-14,16,21H,2-5,8H2,1H3;(H,3,4)(H,5,6)/t9-,13-,14-;/m1./s1. The second kappa shape index (κ2) is 9.77. The van der Waals surface area contributed by atoms with Crippen LogP contribution in [0.15, 0.2) is 12.1 Å². The second-order valence-electron chi connectivity index (χ2n) is 6.91. The maximum atomic E-state index is 14.0. The number of carbonyl (C=O) groups is 2. The van der Waals surface area contributed by atoms with E-state index in [9.17, 15) is 17.6 Å². The molecule has 1 aromatic carbocycles. The maximum absolute atomic E-state index is 14.0. The summed E-state index contributed by atoms with van der Waals surface area (Å²) in [4.78, 5) is 20.2. The summed E-state index contributed by atoms with van der Waals surface area (Å²) in [6.45, 7) is -0.611. The first-order valence-corrected chi connectivity index (χ1v) is 9.03. The van der Waals surface area contributed by atoms with Crippen LogP contribution in [-0.2, 0) is 9.59 Å². The van der Waals surface area contributed by atoms with Crippen molar-refractivity contribution in [1.82, 2.24) is 5.32 Å². The van der Waals surface area contributed by atoms with Gasteiger partial charge in [-0.15, -0.1) is 0 Å². The summed E-state index contributed by atoms with van der Waals surface area (Å²) in [5.41, 5.74) is 0.381. The number of piperazine rings is 1. The van der Waals surface area contributed by atoms with Crippen LogP contribution in [0.25, 0.3) is 0 Å². The van der Waals surface area contributed by atoms with Crippen molar-refractivity contribution in [3.8, 4) is 5.75 Å². The highest BCUT2D eigenvalue weighted by Gasteiger charge is 2.36. The molecule has 7 nitrogen and oxygen atoms in total. The Balaban J connectivity index is 0.000000438. The molecular weight excluding hydrogens is 400 g/mol. The molecule has 1 aliphatic heterocycles. The monoisotopic (exact) mass is 422 g/mol. The summed E-state index contributed by atoms with van der Waals surface area (Å²) < 4.78 is 56.4. The van der Waals surface area contributed by atoms with E-state index in [0.29, 0.717) is 12.2 Å². The van der Waals surface area contributed by atoms with Crippen molar-refractivity contribution in [3.05, 3.63) is 23.8 Å². The SMILES string of the molecule is C[C@@H]1CN(c2cc(F)c(OC(F)F)c(F)c2)[C@@H]2CCCC[C@H]2N1.O=C(O)C(=O)O. The van der Waals surface area contributed by atoms with Gasteiger partial charge < -0.3 is 25.2 Å². The Hall–Kier alpha value is -2.56. The van der Waals surface area contributed by atoms with Crippen molar-refractivity contribution in [2.24, 2.45) is 0 Å². The van der Waals surface area contributed by atoms with E-state index in [0.717, 1.165) is 37.8 Å². The quantitative estimate of drug-likeness (QED) is 0.509. The summed E-state index contributed by atoms with van der Waals surface area (Å²) in [6.07, 6.45) is 4.19. The van der Waals surface area contributed by atoms with Gasteiger partial charge in [-0.05, 0) is 19.8 Å². The lowest BCUT2D eigenvalue weighted by Crippen LogP contribution is -2.62. The first-order chi connectivity index (χ1) is 13.6. The third kappa shape index (κ3) is 5.96. The van der Waals surface area contributed by atoms with Crippen LogP contribution in [0.2, 0.25) is 0 Å². The van der Waals surface area contributed by atoms with Gasteiger partial charge in [0.25, 0.3) is 0 Å². The Bertz CT molecular complexity index is 714. The molecule has 2 aliphatic rings. The number of alkyl halides is 2. The number of carboxylic acid groups (broad SMARTS) is 2. The number of halogens is 4. The molecule has 0 bridgehead atoms. The zero-order valence-electron chi connectivity index (χ0n) is 15.6. The van der Waals surface area contributed by atoms with Gasteiger partial charge in [0.15, 0.2) is 17.4 Å². The molecule has 0 radical (unpaired) electrons. The Kier molecular flexibility index (Phi) is 7.66. The van der Waals surface area contributed by atoms with Gasteiger partial charge in [-0.1, -0.05) is 12.8 Å². The highest BCUT2D eigenvalue weighted by molar-refractivity contribution is 6.27.